The highest BCUT2D eigenvalue weighted by atomic mass is 16.6. The molecule has 1 heterocycles. The smallest absolute Gasteiger partial charge is 0.409 e. The largest absolute Gasteiger partial charge is 0.450 e. The van der Waals surface area contributed by atoms with Gasteiger partial charge in [-0.2, -0.15) is 0 Å². The maximum atomic E-state index is 11.6. The number of nitrogens with two attached hydrogens (primary N) is 1. The summed E-state index contributed by atoms with van der Waals surface area (Å²) in [6, 6.07) is -0.0419. The minimum Gasteiger partial charge on any atom is -0.450 e. The molecule has 0 aromatic heterocycles. The van der Waals surface area contributed by atoms with E-state index >= 15 is 0 Å². The summed E-state index contributed by atoms with van der Waals surface area (Å²) in [4.78, 5) is 13.3. The molecule has 0 saturated carbocycles. The van der Waals surface area contributed by atoms with E-state index in [1.807, 2.05) is 6.92 Å². The van der Waals surface area contributed by atoms with Gasteiger partial charge in [0.1, 0.15) is 0 Å². The van der Waals surface area contributed by atoms with Gasteiger partial charge in [-0.25, -0.2) is 4.79 Å². The summed E-state index contributed by atoms with van der Waals surface area (Å²) in [6.45, 7) is 5.69. The molecule has 1 amide bonds. The van der Waals surface area contributed by atoms with Crippen LogP contribution in [0, 0.1) is 0 Å². The highest BCUT2D eigenvalue weighted by Crippen LogP contribution is 2.14. The number of piperidine rings is 1. The van der Waals surface area contributed by atoms with Crippen molar-refractivity contribution in [1.29, 1.82) is 0 Å². The molecule has 0 bridgehead atoms. The molecule has 6 nitrogen and oxygen atoms in total. The molecule has 0 aliphatic carbocycles. The van der Waals surface area contributed by atoms with Crippen molar-refractivity contribution in [1.82, 2.24) is 4.90 Å². The Bertz CT molecular complexity index is 262. The number of hydrogen-bond donors (Lipinski definition) is 1. The quantitative estimate of drug-likeness (QED) is 0.783. The highest BCUT2D eigenvalue weighted by molar-refractivity contribution is 5.67. The van der Waals surface area contributed by atoms with Gasteiger partial charge in [0.2, 0.25) is 0 Å². The van der Waals surface area contributed by atoms with Crippen LogP contribution in [0.3, 0.4) is 0 Å². The zero-order valence-electron chi connectivity index (χ0n) is 11.4. The Morgan fingerprint density at radius 1 is 1.56 bits per heavy atom. The minimum atomic E-state index is -0.294. The molecule has 1 unspecified atom stereocenters. The first-order chi connectivity index (χ1) is 8.58. The Labute approximate surface area is 108 Å². The van der Waals surface area contributed by atoms with Crippen LogP contribution in [0.4, 0.5) is 4.79 Å². The van der Waals surface area contributed by atoms with E-state index in [1.165, 1.54) is 0 Å². The molecule has 1 fully saturated rings. The second-order valence-electron chi connectivity index (χ2n) is 4.52. The van der Waals surface area contributed by atoms with Crippen LogP contribution in [0.25, 0.3) is 0 Å². The lowest BCUT2D eigenvalue weighted by Gasteiger charge is -2.36. The maximum absolute atomic E-state index is 11.6. The monoisotopic (exact) mass is 260 g/mol. The van der Waals surface area contributed by atoms with E-state index in [9.17, 15) is 4.79 Å². The van der Waals surface area contributed by atoms with Crippen LogP contribution >= 0.6 is 0 Å². The van der Waals surface area contributed by atoms with Gasteiger partial charge >= 0.3 is 6.09 Å². The number of methoxy groups -OCH3 is 1. The summed E-state index contributed by atoms with van der Waals surface area (Å²) >= 11 is 0. The van der Waals surface area contributed by atoms with Crippen LogP contribution in [0.1, 0.15) is 20.3 Å². The Hall–Kier alpha value is -0.850. The van der Waals surface area contributed by atoms with Gasteiger partial charge in [0.05, 0.1) is 32.0 Å². The van der Waals surface area contributed by atoms with E-state index in [2.05, 4.69) is 0 Å². The van der Waals surface area contributed by atoms with Gasteiger partial charge in [0.25, 0.3) is 0 Å². The molecule has 0 spiro atoms. The lowest BCUT2D eigenvalue weighted by molar-refractivity contribution is -0.0522. The fourth-order valence-electron chi connectivity index (χ4n) is 1.82. The molecule has 1 rings (SSSR count). The highest BCUT2D eigenvalue weighted by Gasteiger charge is 2.30. The lowest BCUT2D eigenvalue weighted by Crippen LogP contribution is -2.54. The van der Waals surface area contributed by atoms with E-state index in [1.54, 1.807) is 18.9 Å². The van der Waals surface area contributed by atoms with Gasteiger partial charge in [0, 0.05) is 19.7 Å². The van der Waals surface area contributed by atoms with Crippen molar-refractivity contribution >= 4 is 6.09 Å². The Kier molecular flexibility index (Phi) is 6.38. The molecular weight excluding hydrogens is 236 g/mol. The summed E-state index contributed by atoms with van der Waals surface area (Å²) in [6.07, 6.45) is 0.305. The third kappa shape index (κ3) is 4.44. The van der Waals surface area contributed by atoms with Crippen LogP contribution in [0.5, 0.6) is 0 Å². The molecule has 106 valence electrons. The van der Waals surface area contributed by atoms with Crippen LogP contribution < -0.4 is 5.73 Å². The molecule has 1 aliphatic heterocycles. The molecule has 0 aromatic rings. The van der Waals surface area contributed by atoms with Gasteiger partial charge in [0.15, 0.2) is 0 Å². The first-order valence-electron chi connectivity index (χ1n) is 6.40. The SMILES string of the molecule is CCOC(=O)N1CC[C@@H](N)[C@@H](OCC(C)OC)C1. The number of ether oxygens (including phenoxy) is 3. The number of hydrogen-bond acceptors (Lipinski definition) is 5. The Morgan fingerprint density at radius 2 is 2.28 bits per heavy atom. The summed E-state index contributed by atoms with van der Waals surface area (Å²) in [5.41, 5.74) is 6.00. The lowest BCUT2D eigenvalue weighted by atomic mass is 10.0. The van der Waals surface area contributed by atoms with Crippen molar-refractivity contribution in [3.63, 3.8) is 0 Å². The normalized spacial score (nSPS) is 25.9. The molecule has 2 N–H and O–H groups in total. The van der Waals surface area contributed by atoms with Crippen molar-refractivity contribution in [2.45, 2.75) is 38.5 Å². The van der Waals surface area contributed by atoms with Gasteiger partial charge in [-0.15, -0.1) is 0 Å². The van der Waals surface area contributed by atoms with Crippen molar-refractivity contribution in [3.05, 3.63) is 0 Å². The van der Waals surface area contributed by atoms with Gasteiger partial charge in [-0.3, -0.25) is 0 Å². The zero-order valence-corrected chi connectivity index (χ0v) is 11.4. The van der Waals surface area contributed by atoms with Gasteiger partial charge < -0.3 is 24.8 Å². The maximum Gasteiger partial charge on any atom is 0.409 e. The first-order valence-corrected chi connectivity index (χ1v) is 6.40. The van der Waals surface area contributed by atoms with Crippen molar-refractivity contribution in [3.8, 4) is 0 Å². The summed E-state index contributed by atoms with van der Waals surface area (Å²) in [5.74, 6) is 0. The molecule has 0 radical (unpaired) electrons. The zero-order chi connectivity index (χ0) is 13.5. The predicted octanol–water partition coefficient (Wildman–Crippen LogP) is 0.596. The molecular formula is C12H24N2O4. The van der Waals surface area contributed by atoms with Crippen molar-refractivity contribution < 1.29 is 19.0 Å². The summed E-state index contributed by atoms with van der Waals surface area (Å²) in [7, 11) is 1.64. The number of carbonyl (C=O) groups is 1. The van der Waals surface area contributed by atoms with Gasteiger partial charge in [-0.05, 0) is 20.3 Å². The molecule has 3 atom stereocenters. The van der Waals surface area contributed by atoms with Gasteiger partial charge in [-0.1, -0.05) is 0 Å². The van der Waals surface area contributed by atoms with Crippen LogP contribution in [-0.4, -0.2) is 62.7 Å². The van der Waals surface area contributed by atoms with Crippen LogP contribution in [0.15, 0.2) is 0 Å². The van der Waals surface area contributed by atoms with E-state index in [0.29, 0.717) is 26.3 Å². The molecule has 1 saturated heterocycles. The topological polar surface area (TPSA) is 74.0 Å². The number of amides is 1. The first kappa shape index (κ1) is 15.2. The van der Waals surface area contributed by atoms with Crippen molar-refractivity contribution in [2.75, 3.05) is 33.4 Å². The third-order valence-corrected chi connectivity index (χ3v) is 3.08. The number of nitrogens with zero attached hydrogens (tertiary/aromatic N) is 1. The van der Waals surface area contributed by atoms with Crippen LogP contribution in [-0.2, 0) is 14.2 Å². The predicted molar refractivity (Wildman–Crippen MR) is 67.4 cm³/mol. The number of rotatable bonds is 5. The second-order valence-corrected chi connectivity index (χ2v) is 4.52. The average molecular weight is 260 g/mol. The molecule has 18 heavy (non-hydrogen) atoms. The summed E-state index contributed by atoms with van der Waals surface area (Å²) < 4.78 is 15.8. The number of likely N-dealkylation sites (tertiary alicyclic amines) is 1. The fourth-order valence-corrected chi connectivity index (χ4v) is 1.82. The third-order valence-electron chi connectivity index (χ3n) is 3.08. The number of carbonyl (C=O) groups excluding carboxylic acids is 1. The molecule has 0 aromatic carbocycles. The van der Waals surface area contributed by atoms with E-state index < -0.39 is 0 Å². The summed E-state index contributed by atoms with van der Waals surface area (Å²) in [5, 5.41) is 0. The molecule has 6 heteroatoms. The second kappa shape index (κ2) is 7.56. The van der Waals surface area contributed by atoms with E-state index in [4.69, 9.17) is 19.9 Å². The Morgan fingerprint density at radius 3 is 2.89 bits per heavy atom. The standard InChI is InChI=1S/C12H24N2O4/c1-4-17-12(15)14-6-5-10(13)11(7-14)18-8-9(2)16-3/h9-11H,4-8,13H2,1-3H3/t9?,10-,11+/m1/s1. The van der Waals surface area contributed by atoms with E-state index in [0.717, 1.165) is 6.42 Å². The fraction of sp³-hybridized carbons (Fsp3) is 0.917. The van der Waals surface area contributed by atoms with Crippen LogP contribution in [0.2, 0.25) is 0 Å². The van der Waals surface area contributed by atoms with Crippen molar-refractivity contribution in [2.24, 2.45) is 5.73 Å². The Balaban J connectivity index is 2.43. The molecule has 1 aliphatic rings. The van der Waals surface area contributed by atoms with E-state index in [-0.39, 0.29) is 24.3 Å². The minimum absolute atomic E-state index is 0.0233. The average Bonchev–Trinajstić information content (AvgIpc) is 2.37.